The third-order valence-corrected chi connectivity index (χ3v) is 4.84. The van der Waals surface area contributed by atoms with Crippen LogP contribution in [0.3, 0.4) is 0 Å². The second-order valence-corrected chi connectivity index (χ2v) is 6.53. The van der Waals surface area contributed by atoms with Gasteiger partial charge in [-0.1, -0.05) is 24.8 Å². The topological polar surface area (TPSA) is 76.5 Å². The van der Waals surface area contributed by atoms with Gasteiger partial charge in [-0.2, -0.15) is 5.10 Å². The summed E-state index contributed by atoms with van der Waals surface area (Å²) in [6, 6.07) is 7.25. The molecule has 0 saturated carbocycles. The molecule has 2 aromatic rings. The molecule has 142 valence electrons. The summed E-state index contributed by atoms with van der Waals surface area (Å²) in [6.45, 7) is 9.40. The number of benzene rings is 1. The predicted molar refractivity (Wildman–Crippen MR) is 102 cm³/mol. The van der Waals surface area contributed by atoms with E-state index >= 15 is 0 Å². The minimum Gasteiger partial charge on any atom is -0.383 e. The van der Waals surface area contributed by atoms with Crippen molar-refractivity contribution in [1.29, 1.82) is 0 Å². The Hall–Kier alpha value is -2.93. The number of nitrogens with zero attached hydrogens (tertiary/aromatic N) is 3. The van der Waals surface area contributed by atoms with Gasteiger partial charge in [0.05, 0.1) is 18.8 Å². The number of fused-ring (bicyclic) bond motifs is 1. The number of aromatic nitrogens is 2. The first kappa shape index (κ1) is 18.8. The van der Waals surface area contributed by atoms with Crippen molar-refractivity contribution in [2.75, 3.05) is 20.3 Å². The Morgan fingerprint density at radius 2 is 1.96 bits per heavy atom. The van der Waals surface area contributed by atoms with Crippen LogP contribution in [0.4, 0.5) is 0 Å². The highest BCUT2D eigenvalue weighted by molar-refractivity contribution is 6.10. The zero-order chi connectivity index (χ0) is 19.6. The number of methoxy groups -OCH3 is 1. The molecule has 0 aliphatic carbocycles. The highest BCUT2D eigenvalue weighted by atomic mass is 16.5. The van der Waals surface area contributed by atoms with Crippen LogP contribution < -0.4 is 5.32 Å². The first-order valence-corrected chi connectivity index (χ1v) is 8.82. The van der Waals surface area contributed by atoms with Crippen LogP contribution in [-0.4, -0.2) is 46.8 Å². The summed E-state index contributed by atoms with van der Waals surface area (Å²) < 4.78 is 6.97. The molecule has 1 aromatic carbocycles. The molecule has 0 bridgehead atoms. The highest BCUT2D eigenvalue weighted by Gasteiger charge is 2.31. The lowest BCUT2D eigenvalue weighted by atomic mass is 10.1. The molecule has 1 N–H and O–H groups in total. The van der Waals surface area contributed by atoms with Crippen LogP contribution in [0.5, 0.6) is 0 Å². The smallest absolute Gasteiger partial charge is 0.259 e. The summed E-state index contributed by atoms with van der Waals surface area (Å²) in [5.41, 5.74) is 4.78. The van der Waals surface area contributed by atoms with Crippen molar-refractivity contribution in [3.05, 3.63) is 58.9 Å². The summed E-state index contributed by atoms with van der Waals surface area (Å²) in [4.78, 5) is 26.3. The van der Waals surface area contributed by atoms with Crippen LogP contribution in [0, 0.1) is 13.8 Å². The monoisotopic (exact) mass is 368 g/mol. The molecule has 7 heteroatoms. The van der Waals surface area contributed by atoms with E-state index in [0.29, 0.717) is 31.0 Å². The van der Waals surface area contributed by atoms with Gasteiger partial charge in [0.15, 0.2) is 0 Å². The molecule has 0 unspecified atom stereocenters. The molecule has 1 aromatic heterocycles. The normalized spacial score (nSPS) is 13.2. The molecule has 1 aliphatic rings. The number of nitrogens with one attached hydrogen (secondary N) is 1. The van der Waals surface area contributed by atoms with E-state index in [1.54, 1.807) is 19.2 Å². The molecule has 0 spiro atoms. The third-order valence-electron chi connectivity index (χ3n) is 4.84. The van der Waals surface area contributed by atoms with Gasteiger partial charge in [0.1, 0.15) is 6.54 Å². The zero-order valence-electron chi connectivity index (χ0n) is 15.9. The summed E-state index contributed by atoms with van der Waals surface area (Å²) in [7, 11) is 1.65. The Morgan fingerprint density at radius 1 is 1.26 bits per heavy atom. The average molecular weight is 368 g/mol. The molecule has 2 heterocycles. The first-order valence-electron chi connectivity index (χ1n) is 8.82. The van der Waals surface area contributed by atoms with E-state index < -0.39 is 0 Å². The standard InChI is InChI=1S/C20H24N4O3/c1-13-18(15(3)24(22-13)9-10-27-4)11-21-19(25)12-23-14(2)16-7-5-6-8-17(16)20(23)26/h5-8H,2,9-12H2,1,3-4H3,(H,21,25). The zero-order valence-corrected chi connectivity index (χ0v) is 15.9. The van der Waals surface area contributed by atoms with Gasteiger partial charge < -0.3 is 10.1 Å². The lowest BCUT2D eigenvalue weighted by Crippen LogP contribution is -2.36. The lowest BCUT2D eigenvalue weighted by Gasteiger charge is -2.17. The molecular formula is C20H24N4O3. The SMILES string of the molecule is C=C1c2ccccc2C(=O)N1CC(=O)NCc1c(C)nn(CCOC)c1C. The van der Waals surface area contributed by atoms with E-state index in [0.717, 1.165) is 22.5 Å². The van der Waals surface area contributed by atoms with Gasteiger partial charge in [-0.15, -0.1) is 0 Å². The van der Waals surface area contributed by atoms with E-state index in [-0.39, 0.29) is 18.4 Å². The van der Waals surface area contributed by atoms with Crippen molar-refractivity contribution < 1.29 is 14.3 Å². The van der Waals surface area contributed by atoms with Crippen LogP contribution in [0.15, 0.2) is 30.8 Å². The fourth-order valence-corrected chi connectivity index (χ4v) is 3.27. The Morgan fingerprint density at radius 3 is 2.63 bits per heavy atom. The molecule has 3 rings (SSSR count). The Labute approximate surface area is 158 Å². The maximum atomic E-state index is 12.5. The summed E-state index contributed by atoms with van der Waals surface area (Å²) in [6.07, 6.45) is 0. The van der Waals surface area contributed by atoms with Gasteiger partial charge in [0.2, 0.25) is 5.91 Å². The van der Waals surface area contributed by atoms with Gasteiger partial charge in [-0.05, 0) is 19.9 Å². The second-order valence-electron chi connectivity index (χ2n) is 6.53. The van der Waals surface area contributed by atoms with E-state index in [9.17, 15) is 9.59 Å². The molecule has 0 saturated heterocycles. The van der Waals surface area contributed by atoms with Crippen LogP contribution in [0.2, 0.25) is 0 Å². The van der Waals surface area contributed by atoms with Crippen LogP contribution in [0.25, 0.3) is 5.70 Å². The number of carbonyl (C=O) groups excluding carboxylic acids is 2. The molecule has 27 heavy (non-hydrogen) atoms. The first-order chi connectivity index (χ1) is 12.9. The molecular weight excluding hydrogens is 344 g/mol. The quantitative estimate of drug-likeness (QED) is 0.810. The van der Waals surface area contributed by atoms with Gasteiger partial charge >= 0.3 is 0 Å². The number of rotatable bonds is 7. The number of amides is 2. The fourth-order valence-electron chi connectivity index (χ4n) is 3.27. The van der Waals surface area contributed by atoms with E-state index in [4.69, 9.17) is 4.74 Å². The minimum absolute atomic E-state index is 0.0533. The molecule has 0 fully saturated rings. The van der Waals surface area contributed by atoms with Crippen molar-refractivity contribution in [1.82, 2.24) is 20.0 Å². The van der Waals surface area contributed by atoms with E-state index in [1.165, 1.54) is 4.90 Å². The maximum Gasteiger partial charge on any atom is 0.259 e. The van der Waals surface area contributed by atoms with Crippen LogP contribution in [-0.2, 0) is 22.6 Å². The molecule has 1 aliphatic heterocycles. The van der Waals surface area contributed by atoms with Crippen LogP contribution >= 0.6 is 0 Å². The second kappa shape index (κ2) is 7.75. The number of hydrogen-bond donors (Lipinski definition) is 1. The molecule has 0 atom stereocenters. The van der Waals surface area contributed by atoms with Crippen molar-refractivity contribution in [3.8, 4) is 0 Å². The van der Waals surface area contributed by atoms with Crippen LogP contribution in [0.1, 0.15) is 32.9 Å². The van der Waals surface area contributed by atoms with Gasteiger partial charge in [0, 0.05) is 41.7 Å². The van der Waals surface area contributed by atoms with Gasteiger partial charge in [0.25, 0.3) is 5.91 Å². The Bertz CT molecular complexity index is 866. The predicted octanol–water partition coefficient (Wildman–Crippen LogP) is 1.89. The Balaban J connectivity index is 1.62. The molecule has 7 nitrogen and oxygen atoms in total. The van der Waals surface area contributed by atoms with Crippen molar-refractivity contribution in [2.24, 2.45) is 0 Å². The molecule has 0 radical (unpaired) electrons. The maximum absolute atomic E-state index is 12.5. The van der Waals surface area contributed by atoms with Crippen molar-refractivity contribution in [2.45, 2.75) is 26.9 Å². The van der Waals surface area contributed by atoms with Gasteiger partial charge in [-0.3, -0.25) is 19.2 Å². The van der Waals surface area contributed by atoms with E-state index in [2.05, 4.69) is 17.0 Å². The minimum atomic E-state index is -0.235. The number of aryl methyl sites for hydroxylation is 1. The number of carbonyl (C=O) groups is 2. The summed E-state index contributed by atoms with van der Waals surface area (Å²) >= 11 is 0. The van der Waals surface area contributed by atoms with Gasteiger partial charge in [-0.25, -0.2) is 0 Å². The lowest BCUT2D eigenvalue weighted by molar-refractivity contribution is -0.121. The van der Waals surface area contributed by atoms with Crippen molar-refractivity contribution in [3.63, 3.8) is 0 Å². The van der Waals surface area contributed by atoms with E-state index in [1.807, 2.05) is 30.7 Å². The van der Waals surface area contributed by atoms with Crippen molar-refractivity contribution >= 4 is 17.5 Å². The largest absolute Gasteiger partial charge is 0.383 e. The summed E-state index contributed by atoms with van der Waals surface area (Å²) in [5, 5.41) is 7.37. The highest BCUT2D eigenvalue weighted by Crippen LogP contribution is 2.30. The molecule has 2 amide bonds. The fraction of sp³-hybridized carbons (Fsp3) is 0.350. The summed E-state index contributed by atoms with van der Waals surface area (Å²) in [5.74, 6) is -0.425. The average Bonchev–Trinajstić information content (AvgIpc) is 3.06. The Kier molecular flexibility index (Phi) is 5.41. The third kappa shape index (κ3) is 3.64. The number of ether oxygens (including phenoxy) is 1. The number of hydrogen-bond acceptors (Lipinski definition) is 4.